The van der Waals surface area contributed by atoms with E-state index >= 15 is 0 Å². The van der Waals surface area contributed by atoms with E-state index in [2.05, 4.69) is 15.9 Å². The number of amides is 1. The molecular formula is C11H11BrFNO5. The van der Waals surface area contributed by atoms with Crippen LogP contribution in [-0.4, -0.2) is 41.3 Å². The van der Waals surface area contributed by atoms with Crippen molar-refractivity contribution in [3.05, 3.63) is 28.5 Å². The van der Waals surface area contributed by atoms with E-state index in [1.165, 1.54) is 18.2 Å². The summed E-state index contributed by atoms with van der Waals surface area (Å²) in [4.78, 5) is 21.9. The van der Waals surface area contributed by atoms with Crippen molar-refractivity contribution in [2.24, 2.45) is 0 Å². The van der Waals surface area contributed by atoms with E-state index in [9.17, 15) is 14.0 Å². The molecule has 0 fully saturated rings. The number of nitrogens with one attached hydrogen (secondary N) is 1. The molecule has 0 saturated carbocycles. The molecule has 1 aromatic rings. The lowest BCUT2D eigenvalue weighted by Crippen LogP contribution is -2.45. The van der Waals surface area contributed by atoms with Crippen LogP contribution >= 0.6 is 15.9 Å². The molecule has 0 aliphatic carbocycles. The van der Waals surface area contributed by atoms with Crippen LogP contribution in [0.1, 0.15) is 0 Å². The summed E-state index contributed by atoms with van der Waals surface area (Å²) >= 11 is 3.07. The summed E-state index contributed by atoms with van der Waals surface area (Å²) in [5, 5.41) is 19.3. The molecule has 0 aliphatic rings. The number of hydrogen-bond acceptors (Lipinski definition) is 4. The van der Waals surface area contributed by atoms with Crippen LogP contribution in [0.15, 0.2) is 22.7 Å². The Bertz CT molecular complexity index is 482. The minimum Gasteiger partial charge on any atom is -0.481 e. The van der Waals surface area contributed by atoms with E-state index in [-0.39, 0.29) is 5.75 Å². The lowest BCUT2D eigenvalue weighted by Gasteiger charge is -2.12. The van der Waals surface area contributed by atoms with Gasteiger partial charge in [0.15, 0.2) is 18.2 Å². The smallest absolute Gasteiger partial charge is 0.328 e. The summed E-state index contributed by atoms with van der Waals surface area (Å²) in [6, 6.07) is 2.62. The summed E-state index contributed by atoms with van der Waals surface area (Å²) in [5.74, 6) is -2.93. The largest absolute Gasteiger partial charge is 0.481 e. The van der Waals surface area contributed by atoms with Gasteiger partial charge in [0, 0.05) is 4.47 Å². The van der Waals surface area contributed by atoms with Crippen molar-refractivity contribution in [2.75, 3.05) is 13.2 Å². The molecule has 0 unspecified atom stereocenters. The van der Waals surface area contributed by atoms with Gasteiger partial charge in [0.25, 0.3) is 5.91 Å². The highest BCUT2D eigenvalue weighted by Crippen LogP contribution is 2.21. The van der Waals surface area contributed by atoms with Crippen molar-refractivity contribution < 1.29 is 28.9 Å². The molecule has 0 saturated heterocycles. The zero-order chi connectivity index (χ0) is 14.4. The summed E-state index contributed by atoms with van der Waals surface area (Å²) in [7, 11) is 0. The Kier molecular flexibility index (Phi) is 5.71. The highest BCUT2D eigenvalue weighted by molar-refractivity contribution is 9.10. The van der Waals surface area contributed by atoms with Gasteiger partial charge in [0.1, 0.15) is 6.04 Å². The molecule has 0 bridgehead atoms. The first-order chi connectivity index (χ1) is 8.93. The molecule has 8 heteroatoms. The minimum atomic E-state index is -1.41. The third-order valence-electron chi connectivity index (χ3n) is 2.07. The first-order valence-corrected chi connectivity index (χ1v) is 5.94. The van der Waals surface area contributed by atoms with E-state index in [1.807, 2.05) is 5.32 Å². The zero-order valence-electron chi connectivity index (χ0n) is 9.60. The maximum Gasteiger partial charge on any atom is 0.328 e. The van der Waals surface area contributed by atoms with Crippen LogP contribution in [0.4, 0.5) is 4.39 Å². The van der Waals surface area contributed by atoms with Crippen LogP contribution in [0.2, 0.25) is 0 Å². The molecule has 0 radical (unpaired) electrons. The Hall–Kier alpha value is -1.67. The number of aliphatic hydroxyl groups is 1. The van der Waals surface area contributed by atoms with Crippen molar-refractivity contribution in [3.8, 4) is 5.75 Å². The molecule has 0 aromatic heterocycles. The molecule has 0 spiro atoms. The third-order valence-corrected chi connectivity index (χ3v) is 2.56. The summed E-state index contributed by atoms with van der Waals surface area (Å²) in [6.45, 7) is -1.30. The van der Waals surface area contributed by atoms with Crippen molar-refractivity contribution in [2.45, 2.75) is 6.04 Å². The van der Waals surface area contributed by atoms with Gasteiger partial charge in [0.2, 0.25) is 0 Å². The molecular weight excluding hydrogens is 325 g/mol. The standard InChI is InChI=1S/C11H11BrFNO5/c12-6-1-2-9(7(13)3-6)19-5-10(16)14-8(4-15)11(17)18/h1-3,8,15H,4-5H2,(H,14,16)(H,17,18)/t8-/m0/s1. The number of halogens is 2. The Morgan fingerprint density at radius 2 is 2.16 bits per heavy atom. The summed E-state index contributed by atoms with van der Waals surface area (Å²) in [5.41, 5.74) is 0. The second-order valence-corrected chi connectivity index (χ2v) is 4.42. The Labute approximate surface area is 116 Å². The Balaban J connectivity index is 2.52. The molecule has 1 aromatic carbocycles. The quantitative estimate of drug-likeness (QED) is 0.704. The van der Waals surface area contributed by atoms with Crippen molar-refractivity contribution in [3.63, 3.8) is 0 Å². The lowest BCUT2D eigenvalue weighted by atomic mass is 10.3. The molecule has 19 heavy (non-hydrogen) atoms. The minimum absolute atomic E-state index is 0.130. The van der Waals surface area contributed by atoms with Gasteiger partial charge in [-0.25, -0.2) is 9.18 Å². The van der Waals surface area contributed by atoms with Crippen LogP contribution in [0.3, 0.4) is 0 Å². The number of carboxylic acids is 1. The first kappa shape index (κ1) is 15.4. The van der Waals surface area contributed by atoms with Gasteiger partial charge in [-0.1, -0.05) is 15.9 Å². The summed E-state index contributed by atoms with van der Waals surface area (Å²) in [6.07, 6.45) is 0. The fourth-order valence-electron chi connectivity index (χ4n) is 1.16. The van der Waals surface area contributed by atoms with Crippen LogP contribution < -0.4 is 10.1 Å². The monoisotopic (exact) mass is 335 g/mol. The second-order valence-electron chi connectivity index (χ2n) is 3.50. The predicted octanol–water partition coefficient (Wildman–Crippen LogP) is 0.529. The Morgan fingerprint density at radius 3 is 2.68 bits per heavy atom. The SMILES string of the molecule is O=C(COc1ccc(Br)cc1F)N[C@@H](CO)C(=O)O. The number of aliphatic carboxylic acids is 1. The number of rotatable bonds is 6. The number of hydrogen-bond donors (Lipinski definition) is 3. The number of carbonyl (C=O) groups is 2. The number of ether oxygens (including phenoxy) is 1. The van der Waals surface area contributed by atoms with E-state index in [4.69, 9.17) is 14.9 Å². The van der Waals surface area contributed by atoms with Crippen molar-refractivity contribution in [1.29, 1.82) is 0 Å². The lowest BCUT2D eigenvalue weighted by molar-refractivity contribution is -0.143. The average Bonchev–Trinajstić information content (AvgIpc) is 2.34. The molecule has 1 atom stereocenters. The molecule has 3 N–H and O–H groups in total. The van der Waals surface area contributed by atoms with Crippen LogP contribution in [0.25, 0.3) is 0 Å². The Morgan fingerprint density at radius 1 is 1.47 bits per heavy atom. The fourth-order valence-corrected chi connectivity index (χ4v) is 1.49. The molecule has 0 heterocycles. The van der Waals surface area contributed by atoms with Gasteiger partial charge in [-0.2, -0.15) is 0 Å². The van der Waals surface area contributed by atoms with Crippen LogP contribution in [0, 0.1) is 5.82 Å². The van der Waals surface area contributed by atoms with Crippen molar-refractivity contribution >= 4 is 27.8 Å². The molecule has 1 amide bonds. The topological polar surface area (TPSA) is 95.9 Å². The number of benzene rings is 1. The van der Waals surface area contributed by atoms with Crippen LogP contribution in [-0.2, 0) is 9.59 Å². The van der Waals surface area contributed by atoms with Gasteiger partial charge in [0.05, 0.1) is 6.61 Å². The van der Waals surface area contributed by atoms with E-state index < -0.39 is 36.9 Å². The van der Waals surface area contributed by atoms with Gasteiger partial charge in [-0.15, -0.1) is 0 Å². The van der Waals surface area contributed by atoms with Crippen molar-refractivity contribution in [1.82, 2.24) is 5.32 Å². The molecule has 104 valence electrons. The maximum absolute atomic E-state index is 13.3. The number of carboxylic acid groups (broad SMARTS) is 1. The molecule has 6 nitrogen and oxygen atoms in total. The first-order valence-electron chi connectivity index (χ1n) is 5.15. The summed E-state index contributed by atoms with van der Waals surface area (Å²) < 4.78 is 18.8. The van der Waals surface area contributed by atoms with Gasteiger partial charge in [-0.3, -0.25) is 4.79 Å². The second kappa shape index (κ2) is 7.05. The molecule has 1 rings (SSSR count). The van der Waals surface area contributed by atoms with Crippen LogP contribution in [0.5, 0.6) is 5.75 Å². The number of carbonyl (C=O) groups excluding carboxylic acids is 1. The maximum atomic E-state index is 13.3. The number of aliphatic hydroxyl groups excluding tert-OH is 1. The normalized spacial score (nSPS) is 11.7. The zero-order valence-corrected chi connectivity index (χ0v) is 11.2. The third kappa shape index (κ3) is 4.84. The fraction of sp³-hybridized carbons (Fsp3) is 0.273. The van der Waals surface area contributed by atoms with E-state index in [0.29, 0.717) is 4.47 Å². The van der Waals surface area contributed by atoms with Gasteiger partial charge >= 0.3 is 5.97 Å². The van der Waals surface area contributed by atoms with Gasteiger partial charge in [-0.05, 0) is 18.2 Å². The van der Waals surface area contributed by atoms with E-state index in [0.717, 1.165) is 0 Å². The molecule has 0 aliphatic heterocycles. The van der Waals surface area contributed by atoms with Gasteiger partial charge < -0.3 is 20.3 Å². The highest BCUT2D eigenvalue weighted by atomic mass is 79.9. The predicted molar refractivity (Wildman–Crippen MR) is 66.2 cm³/mol. The van der Waals surface area contributed by atoms with E-state index in [1.54, 1.807) is 0 Å². The average molecular weight is 336 g/mol. The highest BCUT2D eigenvalue weighted by Gasteiger charge is 2.19.